The summed E-state index contributed by atoms with van der Waals surface area (Å²) < 4.78 is 6.88. The van der Waals surface area contributed by atoms with Gasteiger partial charge in [0.15, 0.2) is 0 Å². The quantitative estimate of drug-likeness (QED) is 0.912. The molecule has 2 aromatic rings. The fraction of sp³-hybridized carbons (Fsp3) is 0.375. The molecule has 22 heavy (non-hydrogen) atoms. The van der Waals surface area contributed by atoms with Crippen LogP contribution in [0.15, 0.2) is 36.7 Å². The number of amides is 1. The first-order valence-corrected chi connectivity index (χ1v) is 7.08. The molecule has 6 nitrogen and oxygen atoms in total. The molecule has 0 radical (unpaired) electrons. The Morgan fingerprint density at radius 3 is 2.68 bits per heavy atom. The molecule has 0 unspecified atom stereocenters. The number of aliphatic hydroxyl groups is 1. The molecule has 0 bridgehead atoms. The first-order valence-electron chi connectivity index (χ1n) is 7.08. The normalized spacial score (nSPS) is 12.8. The number of ether oxygens (including phenoxy) is 1. The van der Waals surface area contributed by atoms with E-state index < -0.39 is 17.8 Å². The van der Waals surface area contributed by atoms with Crippen LogP contribution in [0.1, 0.15) is 39.4 Å². The molecule has 118 valence electrons. The van der Waals surface area contributed by atoms with Gasteiger partial charge in [-0.3, -0.25) is 5.32 Å². The lowest BCUT2D eigenvalue weighted by molar-refractivity contribution is 0.0636. The van der Waals surface area contributed by atoms with Crippen molar-refractivity contribution in [2.75, 3.05) is 5.32 Å². The number of aromatic nitrogens is 2. The van der Waals surface area contributed by atoms with E-state index in [1.54, 1.807) is 69.0 Å². The van der Waals surface area contributed by atoms with E-state index in [-0.39, 0.29) is 0 Å². The van der Waals surface area contributed by atoms with E-state index in [2.05, 4.69) is 10.4 Å². The van der Waals surface area contributed by atoms with Crippen molar-refractivity contribution in [3.63, 3.8) is 0 Å². The first-order chi connectivity index (χ1) is 10.3. The lowest BCUT2D eigenvalue weighted by Crippen LogP contribution is -2.27. The minimum Gasteiger partial charge on any atom is -0.444 e. The van der Waals surface area contributed by atoms with E-state index in [9.17, 15) is 9.90 Å². The predicted molar refractivity (Wildman–Crippen MR) is 84.1 cm³/mol. The van der Waals surface area contributed by atoms with Crippen LogP contribution in [0, 0.1) is 0 Å². The van der Waals surface area contributed by atoms with Crippen molar-refractivity contribution in [1.29, 1.82) is 0 Å². The topological polar surface area (TPSA) is 76.4 Å². The number of anilines is 1. The van der Waals surface area contributed by atoms with Gasteiger partial charge in [0.1, 0.15) is 5.60 Å². The molecule has 2 N–H and O–H groups in total. The second kappa shape index (κ2) is 6.19. The molecule has 0 saturated carbocycles. The third kappa shape index (κ3) is 4.08. The van der Waals surface area contributed by atoms with Crippen LogP contribution >= 0.6 is 0 Å². The van der Waals surface area contributed by atoms with Crippen LogP contribution < -0.4 is 5.32 Å². The van der Waals surface area contributed by atoms with Gasteiger partial charge in [-0.2, -0.15) is 5.10 Å². The maximum atomic E-state index is 11.8. The van der Waals surface area contributed by atoms with Gasteiger partial charge in [-0.15, -0.1) is 0 Å². The first kappa shape index (κ1) is 16.0. The summed E-state index contributed by atoms with van der Waals surface area (Å²) >= 11 is 0. The Kier molecular flexibility index (Phi) is 4.51. The van der Waals surface area contributed by atoms with E-state index in [4.69, 9.17) is 4.74 Å². The average molecular weight is 303 g/mol. The second-order valence-electron chi connectivity index (χ2n) is 6.03. The number of carbonyl (C=O) groups is 1. The van der Waals surface area contributed by atoms with Crippen molar-refractivity contribution in [3.05, 3.63) is 42.2 Å². The van der Waals surface area contributed by atoms with Crippen LogP contribution in [0.2, 0.25) is 0 Å². The lowest BCUT2D eigenvalue weighted by Gasteiger charge is -2.20. The number of hydrogen-bond acceptors (Lipinski definition) is 4. The summed E-state index contributed by atoms with van der Waals surface area (Å²) in [6, 6.07) is 7.05. The number of nitrogens with one attached hydrogen (secondary N) is 1. The highest BCUT2D eigenvalue weighted by Crippen LogP contribution is 2.25. The van der Waals surface area contributed by atoms with E-state index in [1.165, 1.54) is 0 Å². The molecule has 0 spiro atoms. The van der Waals surface area contributed by atoms with Gasteiger partial charge in [0.05, 0.1) is 11.8 Å². The van der Waals surface area contributed by atoms with Crippen molar-refractivity contribution < 1.29 is 14.6 Å². The fourth-order valence-corrected chi connectivity index (χ4v) is 2.01. The third-order valence-electron chi connectivity index (χ3n) is 2.87. The molecule has 1 aromatic carbocycles. The van der Waals surface area contributed by atoms with Crippen LogP contribution in [0.3, 0.4) is 0 Å². The number of hydrogen-bond donors (Lipinski definition) is 2. The lowest BCUT2D eigenvalue weighted by atomic mass is 10.1. The van der Waals surface area contributed by atoms with Crippen molar-refractivity contribution in [3.8, 4) is 5.69 Å². The maximum Gasteiger partial charge on any atom is 0.412 e. The molecular weight excluding hydrogens is 282 g/mol. The smallest absolute Gasteiger partial charge is 0.412 e. The molecule has 6 heteroatoms. The summed E-state index contributed by atoms with van der Waals surface area (Å²) in [5.41, 5.74) is 1.42. The van der Waals surface area contributed by atoms with Crippen LogP contribution in [0.4, 0.5) is 10.5 Å². The molecule has 0 aliphatic rings. The summed E-state index contributed by atoms with van der Waals surface area (Å²) in [6.07, 6.45) is 2.23. The summed E-state index contributed by atoms with van der Waals surface area (Å²) in [6.45, 7) is 7.07. The molecule has 0 aliphatic carbocycles. The number of carbonyl (C=O) groups excluding carboxylic acids is 1. The van der Waals surface area contributed by atoms with Crippen LogP contribution in [-0.2, 0) is 4.74 Å². The minimum atomic E-state index is -0.695. The molecule has 0 aliphatic heterocycles. The van der Waals surface area contributed by atoms with Gasteiger partial charge in [-0.05, 0) is 52.0 Å². The van der Waals surface area contributed by atoms with Gasteiger partial charge in [0, 0.05) is 23.6 Å². The van der Waals surface area contributed by atoms with Gasteiger partial charge < -0.3 is 9.84 Å². The standard InChI is InChI=1S/C16H21N3O3/c1-11(20)13-10-12(18-15(21)22-16(2,3)4)6-7-14(13)19-9-5-8-17-19/h5-11,20H,1-4H3,(H,18,21)/t11-/m1/s1. The average Bonchev–Trinajstić information content (AvgIpc) is 2.89. The van der Waals surface area contributed by atoms with Crippen LogP contribution in [0.25, 0.3) is 5.69 Å². The van der Waals surface area contributed by atoms with Gasteiger partial charge in [0.2, 0.25) is 0 Å². The summed E-state index contributed by atoms with van der Waals surface area (Å²) in [5.74, 6) is 0. The Bertz CT molecular complexity index is 643. The van der Waals surface area contributed by atoms with Crippen molar-refractivity contribution in [2.24, 2.45) is 0 Å². The van der Waals surface area contributed by atoms with Crippen molar-refractivity contribution >= 4 is 11.8 Å². The van der Waals surface area contributed by atoms with Crippen molar-refractivity contribution in [2.45, 2.75) is 39.4 Å². The summed E-state index contributed by atoms with van der Waals surface area (Å²) in [7, 11) is 0. The predicted octanol–water partition coefficient (Wildman–Crippen LogP) is 3.27. The Hall–Kier alpha value is -2.34. The van der Waals surface area contributed by atoms with E-state index >= 15 is 0 Å². The van der Waals surface area contributed by atoms with E-state index in [0.29, 0.717) is 11.3 Å². The molecule has 0 saturated heterocycles. The molecule has 2 rings (SSSR count). The number of aliphatic hydroxyl groups excluding tert-OH is 1. The maximum absolute atomic E-state index is 11.8. The number of nitrogens with zero attached hydrogens (tertiary/aromatic N) is 2. The van der Waals surface area contributed by atoms with Gasteiger partial charge in [0.25, 0.3) is 0 Å². The monoisotopic (exact) mass is 303 g/mol. The summed E-state index contributed by atoms with van der Waals surface area (Å²) in [4.78, 5) is 11.8. The molecule has 1 amide bonds. The molecule has 1 heterocycles. The van der Waals surface area contributed by atoms with Crippen LogP contribution in [0.5, 0.6) is 0 Å². The zero-order valence-electron chi connectivity index (χ0n) is 13.2. The third-order valence-corrected chi connectivity index (χ3v) is 2.87. The molecule has 0 fully saturated rings. The molecular formula is C16H21N3O3. The van der Waals surface area contributed by atoms with Gasteiger partial charge in [-0.25, -0.2) is 9.48 Å². The van der Waals surface area contributed by atoms with Crippen molar-refractivity contribution in [1.82, 2.24) is 9.78 Å². The minimum absolute atomic E-state index is 0.532. The molecule has 1 atom stereocenters. The van der Waals surface area contributed by atoms with E-state index in [0.717, 1.165) is 5.69 Å². The Morgan fingerprint density at radius 1 is 1.41 bits per heavy atom. The van der Waals surface area contributed by atoms with Gasteiger partial charge in [-0.1, -0.05) is 0 Å². The van der Waals surface area contributed by atoms with E-state index in [1.807, 2.05) is 0 Å². The molecule has 1 aromatic heterocycles. The Morgan fingerprint density at radius 2 is 2.14 bits per heavy atom. The number of benzene rings is 1. The SMILES string of the molecule is C[C@@H](O)c1cc(NC(=O)OC(C)(C)C)ccc1-n1cccn1. The highest BCUT2D eigenvalue weighted by Gasteiger charge is 2.17. The Labute approximate surface area is 129 Å². The Balaban J connectivity index is 2.25. The van der Waals surface area contributed by atoms with Crippen LogP contribution in [-0.4, -0.2) is 26.6 Å². The largest absolute Gasteiger partial charge is 0.444 e. The fourth-order valence-electron chi connectivity index (χ4n) is 2.01. The highest BCUT2D eigenvalue weighted by atomic mass is 16.6. The highest BCUT2D eigenvalue weighted by molar-refractivity contribution is 5.85. The zero-order chi connectivity index (χ0) is 16.3. The van der Waals surface area contributed by atoms with Gasteiger partial charge >= 0.3 is 6.09 Å². The summed E-state index contributed by atoms with van der Waals surface area (Å²) in [5, 5.41) is 16.8. The second-order valence-corrected chi connectivity index (χ2v) is 6.03. The zero-order valence-corrected chi connectivity index (χ0v) is 13.2. The number of rotatable bonds is 3.